The Labute approximate surface area is 168 Å². The molecule has 0 fully saturated rings. The minimum atomic E-state index is -3.57. The number of fused-ring (bicyclic) bond motifs is 1. The van der Waals surface area contributed by atoms with Gasteiger partial charge in [0, 0.05) is 24.8 Å². The van der Waals surface area contributed by atoms with Crippen molar-refractivity contribution in [1.29, 1.82) is 0 Å². The number of rotatable bonds is 7. The number of sulfonamides is 1. The Morgan fingerprint density at radius 2 is 1.86 bits per heavy atom. The van der Waals surface area contributed by atoms with Crippen LogP contribution in [-0.2, 0) is 10.0 Å². The van der Waals surface area contributed by atoms with Gasteiger partial charge in [0.1, 0.15) is 11.4 Å². The third-order valence-electron chi connectivity index (χ3n) is 4.67. The van der Waals surface area contributed by atoms with Crippen molar-refractivity contribution in [3.8, 4) is 5.75 Å². The van der Waals surface area contributed by atoms with Crippen LogP contribution in [-0.4, -0.2) is 38.5 Å². The molecule has 0 spiro atoms. The Morgan fingerprint density at radius 1 is 1.14 bits per heavy atom. The van der Waals surface area contributed by atoms with Crippen LogP contribution in [0.5, 0.6) is 5.75 Å². The number of benzene rings is 2. The second-order valence-electron chi connectivity index (χ2n) is 7.85. The highest BCUT2D eigenvalue weighted by Crippen LogP contribution is 2.34. The topological polar surface area (TPSA) is 58.6 Å². The number of hydrogen-bond donors (Lipinski definition) is 1. The Kier molecular flexibility index (Phi) is 5.82. The fourth-order valence-electron chi connectivity index (χ4n) is 3.14. The number of ether oxygens (including phenoxy) is 1. The lowest BCUT2D eigenvalue weighted by atomic mass is 10.00. The summed E-state index contributed by atoms with van der Waals surface area (Å²) in [6.07, 6.45) is 3.93. The zero-order valence-electron chi connectivity index (χ0n) is 16.8. The third kappa shape index (κ3) is 4.56. The van der Waals surface area contributed by atoms with Crippen LogP contribution in [0, 0.1) is 5.92 Å². The Balaban J connectivity index is 1.74. The van der Waals surface area contributed by atoms with Crippen LogP contribution in [0.2, 0.25) is 0 Å². The van der Waals surface area contributed by atoms with Crippen LogP contribution in [0.15, 0.2) is 59.5 Å². The lowest BCUT2D eigenvalue weighted by molar-refractivity contribution is 0.117. The van der Waals surface area contributed by atoms with E-state index >= 15 is 0 Å². The van der Waals surface area contributed by atoms with Crippen molar-refractivity contribution >= 4 is 21.8 Å². The molecule has 0 radical (unpaired) electrons. The fraction of sp³-hybridized carbons (Fsp3) is 0.364. The van der Waals surface area contributed by atoms with Crippen molar-refractivity contribution in [2.75, 3.05) is 25.5 Å². The van der Waals surface area contributed by atoms with Gasteiger partial charge in [-0.25, -0.2) is 8.42 Å². The molecule has 2 aromatic rings. The van der Waals surface area contributed by atoms with Gasteiger partial charge in [-0.1, -0.05) is 38.1 Å². The van der Waals surface area contributed by atoms with E-state index in [2.05, 4.69) is 25.2 Å². The molecule has 6 heteroatoms. The number of nitrogens with zero attached hydrogens (tertiary/aromatic N) is 1. The smallest absolute Gasteiger partial charge is 0.242 e. The minimum absolute atomic E-state index is 0.216. The number of hydrogen-bond acceptors (Lipinski definition) is 4. The maximum atomic E-state index is 12.8. The molecule has 1 atom stereocenters. The van der Waals surface area contributed by atoms with E-state index in [0.717, 1.165) is 23.5 Å². The normalized spacial score (nSPS) is 18.8. The minimum Gasteiger partial charge on any atom is -0.481 e. The largest absolute Gasteiger partial charge is 0.481 e. The van der Waals surface area contributed by atoms with Crippen LogP contribution < -0.4 is 10.1 Å². The van der Waals surface area contributed by atoms with Gasteiger partial charge < -0.3 is 10.1 Å². The van der Waals surface area contributed by atoms with Gasteiger partial charge in [0.15, 0.2) is 0 Å². The first kappa shape index (κ1) is 20.4. The number of likely N-dealkylation sites (N-methyl/N-ethyl adjacent to an activating group) is 1. The summed E-state index contributed by atoms with van der Waals surface area (Å²) in [6.45, 7) is 7.35. The standard InChI is InChI=1S/C22H28N2O3S/c1-17(2)15-23-19-10-11-21-18(14-19)12-13-22(3,27-21)16-24(4)28(25,26)20-8-6-5-7-9-20/h5-14,17,23H,15-16H2,1-4H3. The third-order valence-corrected chi connectivity index (χ3v) is 6.49. The summed E-state index contributed by atoms with van der Waals surface area (Å²) in [5.41, 5.74) is 1.30. The molecule has 0 aromatic heterocycles. The predicted octanol–water partition coefficient (Wildman–Crippen LogP) is 4.24. The Bertz CT molecular complexity index is 955. The first-order valence-corrected chi connectivity index (χ1v) is 10.9. The maximum Gasteiger partial charge on any atom is 0.242 e. The van der Waals surface area contributed by atoms with Gasteiger partial charge in [0.2, 0.25) is 10.0 Å². The molecule has 0 amide bonds. The van der Waals surface area contributed by atoms with Crippen LogP contribution >= 0.6 is 0 Å². The summed E-state index contributed by atoms with van der Waals surface area (Å²) in [7, 11) is -1.98. The van der Waals surface area contributed by atoms with Gasteiger partial charge in [-0.2, -0.15) is 4.31 Å². The molecular formula is C22H28N2O3S. The van der Waals surface area contributed by atoms with Gasteiger partial charge in [-0.05, 0) is 49.2 Å². The van der Waals surface area contributed by atoms with E-state index in [0.29, 0.717) is 5.92 Å². The molecule has 0 aliphatic carbocycles. The van der Waals surface area contributed by atoms with Crippen LogP contribution in [0.25, 0.3) is 6.08 Å². The highest BCUT2D eigenvalue weighted by atomic mass is 32.2. The van der Waals surface area contributed by atoms with Gasteiger partial charge in [-0.3, -0.25) is 0 Å². The monoisotopic (exact) mass is 400 g/mol. The van der Waals surface area contributed by atoms with E-state index in [1.165, 1.54) is 4.31 Å². The summed E-state index contributed by atoms with van der Waals surface area (Å²) < 4.78 is 33.1. The van der Waals surface area contributed by atoms with Gasteiger partial charge in [0.25, 0.3) is 0 Å². The molecule has 3 rings (SSSR count). The van der Waals surface area contributed by atoms with Crippen molar-refractivity contribution in [3.63, 3.8) is 0 Å². The lowest BCUT2D eigenvalue weighted by Crippen LogP contribution is -2.45. The summed E-state index contributed by atoms with van der Waals surface area (Å²) >= 11 is 0. The van der Waals surface area contributed by atoms with E-state index in [9.17, 15) is 8.42 Å². The summed E-state index contributed by atoms with van der Waals surface area (Å²) in [5, 5.41) is 3.41. The second-order valence-corrected chi connectivity index (χ2v) is 9.89. The first-order valence-electron chi connectivity index (χ1n) is 9.47. The van der Waals surface area contributed by atoms with E-state index in [1.54, 1.807) is 37.4 Å². The Morgan fingerprint density at radius 3 is 2.54 bits per heavy atom. The van der Waals surface area contributed by atoms with Crippen molar-refractivity contribution in [3.05, 3.63) is 60.2 Å². The van der Waals surface area contributed by atoms with E-state index in [1.807, 2.05) is 31.2 Å². The summed E-state index contributed by atoms with van der Waals surface area (Å²) in [6, 6.07) is 14.4. The molecule has 0 bridgehead atoms. The van der Waals surface area contributed by atoms with E-state index in [-0.39, 0.29) is 11.4 Å². The number of anilines is 1. The molecule has 2 aromatic carbocycles. The molecule has 0 saturated heterocycles. The van der Waals surface area contributed by atoms with Gasteiger partial charge >= 0.3 is 0 Å². The SMILES string of the molecule is CC(C)CNc1ccc2c(c1)C=CC(C)(CN(C)S(=O)(=O)c1ccccc1)O2. The van der Waals surface area contributed by atoms with Crippen LogP contribution in [0.3, 0.4) is 0 Å². The summed E-state index contributed by atoms with van der Waals surface area (Å²) in [5.74, 6) is 1.32. The summed E-state index contributed by atoms with van der Waals surface area (Å²) in [4.78, 5) is 0.280. The van der Waals surface area contributed by atoms with Crippen molar-refractivity contribution < 1.29 is 13.2 Å². The zero-order valence-corrected chi connectivity index (χ0v) is 17.7. The van der Waals surface area contributed by atoms with E-state index in [4.69, 9.17) is 4.74 Å². The average Bonchev–Trinajstić information content (AvgIpc) is 2.66. The molecule has 1 aliphatic heterocycles. The highest BCUT2D eigenvalue weighted by Gasteiger charge is 2.33. The first-order chi connectivity index (χ1) is 13.2. The fourth-order valence-corrected chi connectivity index (χ4v) is 4.43. The lowest BCUT2D eigenvalue weighted by Gasteiger charge is -2.34. The molecule has 0 saturated carbocycles. The zero-order chi connectivity index (χ0) is 20.4. The molecule has 5 nitrogen and oxygen atoms in total. The van der Waals surface area contributed by atoms with E-state index < -0.39 is 15.6 Å². The average molecular weight is 401 g/mol. The second kappa shape index (κ2) is 7.97. The molecule has 1 unspecified atom stereocenters. The van der Waals surface area contributed by atoms with Crippen molar-refractivity contribution in [2.24, 2.45) is 5.92 Å². The predicted molar refractivity (Wildman–Crippen MR) is 114 cm³/mol. The Hall–Kier alpha value is -2.31. The molecule has 28 heavy (non-hydrogen) atoms. The van der Waals surface area contributed by atoms with Gasteiger partial charge in [-0.15, -0.1) is 0 Å². The maximum absolute atomic E-state index is 12.8. The molecule has 1 heterocycles. The van der Waals surface area contributed by atoms with Crippen LogP contribution in [0.1, 0.15) is 26.3 Å². The van der Waals surface area contributed by atoms with Gasteiger partial charge in [0.05, 0.1) is 11.4 Å². The van der Waals surface area contributed by atoms with Crippen LogP contribution in [0.4, 0.5) is 5.69 Å². The molecule has 1 N–H and O–H groups in total. The molecular weight excluding hydrogens is 372 g/mol. The molecule has 150 valence electrons. The van der Waals surface area contributed by atoms with Crippen molar-refractivity contribution in [2.45, 2.75) is 31.3 Å². The number of nitrogens with one attached hydrogen (secondary N) is 1. The quantitative estimate of drug-likeness (QED) is 0.755. The van der Waals surface area contributed by atoms with Crippen molar-refractivity contribution in [1.82, 2.24) is 4.31 Å². The molecule has 1 aliphatic rings. The highest BCUT2D eigenvalue weighted by molar-refractivity contribution is 7.89.